The van der Waals surface area contributed by atoms with Crippen LogP contribution in [0.3, 0.4) is 0 Å². The molecule has 0 amide bonds. The van der Waals surface area contributed by atoms with Gasteiger partial charge in [0.1, 0.15) is 11.6 Å². The normalized spacial score (nSPS) is 10.5. The first kappa shape index (κ1) is 12.6. The van der Waals surface area contributed by atoms with Gasteiger partial charge in [-0.05, 0) is 42.3 Å². The van der Waals surface area contributed by atoms with E-state index < -0.39 is 0 Å². The molecule has 18 heavy (non-hydrogen) atoms. The maximum Gasteiger partial charge on any atom is 0.123 e. The van der Waals surface area contributed by atoms with Gasteiger partial charge in [-0.25, -0.2) is 4.39 Å². The van der Waals surface area contributed by atoms with Crippen molar-refractivity contribution in [2.75, 3.05) is 6.54 Å². The SMILES string of the molecule is Oc1ccccc1CCNCc1cccc(F)c1. The van der Waals surface area contributed by atoms with Crippen LogP contribution in [0.5, 0.6) is 5.75 Å². The minimum atomic E-state index is -0.213. The lowest BCUT2D eigenvalue weighted by atomic mass is 10.1. The molecule has 0 aliphatic carbocycles. The summed E-state index contributed by atoms with van der Waals surface area (Å²) >= 11 is 0. The van der Waals surface area contributed by atoms with Crippen LogP contribution in [-0.4, -0.2) is 11.7 Å². The number of phenolic OH excluding ortho intramolecular Hbond substituents is 1. The molecule has 2 nitrogen and oxygen atoms in total. The summed E-state index contributed by atoms with van der Waals surface area (Å²) in [4.78, 5) is 0. The zero-order valence-corrected chi connectivity index (χ0v) is 10.1. The van der Waals surface area contributed by atoms with E-state index in [-0.39, 0.29) is 5.82 Å². The maximum atomic E-state index is 12.9. The average Bonchev–Trinajstić information content (AvgIpc) is 2.37. The van der Waals surface area contributed by atoms with Crippen molar-refractivity contribution in [1.82, 2.24) is 5.32 Å². The van der Waals surface area contributed by atoms with E-state index in [0.29, 0.717) is 12.3 Å². The summed E-state index contributed by atoms with van der Waals surface area (Å²) in [6.45, 7) is 1.37. The van der Waals surface area contributed by atoms with E-state index in [1.54, 1.807) is 18.2 Å². The van der Waals surface area contributed by atoms with Gasteiger partial charge in [0, 0.05) is 6.54 Å². The van der Waals surface area contributed by atoms with Gasteiger partial charge >= 0.3 is 0 Å². The highest BCUT2D eigenvalue weighted by Crippen LogP contribution is 2.15. The van der Waals surface area contributed by atoms with Gasteiger partial charge in [-0.15, -0.1) is 0 Å². The van der Waals surface area contributed by atoms with Gasteiger partial charge in [0.05, 0.1) is 0 Å². The lowest BCUT2D eigenvalue weighted by Gasteiger charge is -2.06. The fourth-order valence-electron chi connectivity index (χ4n) is 1.82. The van der Waals surface area contributed by atoms with E-state index in [9.17, 15) is 9.50 Å². The van der Waals surface area contributed by atoms with Crippen molar-refractivity contribution in [2.45, 2.75) is 13.0 Å². The minimum absolute atomic E-state index is 0.213. The molecule has 2 N–H and O–H groups in total. The highest BCUT2D eigenvalue weighted by molar-refractivity contribution is 5.31. The summed E-state index contributed by atoms with van der Waals surface area (Å²) in [5, 5.41) is 12.8. The van der Waals surface area contributed by atoms with Gasteiger partial charge in [0.15, 0.2) is 0 Å². The highest BCUT2D eigenvalue weighted by Gasteiger charge is 1.99. The topological polar surface area (TPSA) is 32.3 Å². The minimum Gasteiger partial charge on any atom is -0.508 e. The molecule has 2 aromatic carbocycles. The van der Waals surface area contributed by atoms with Crippen molar-refractivity contribution in [3.63, 3.8) is 0 Å². The zero-order chi connectivity index (χ0) is 12.8. The Kier molecular flexibility index (Phi) is 4.31. The Balaban J connectivity index is 1.78. The smallest absolute Gasteiger partial charge is 0.123 e. The molecule has 0 fully saturated rings. The Hall–Kier alpha value is -1.87. The number of rotatable bonds is 5. The summed E-state index contributed by atoms with van der Waals surface area (Å²) in [6, 6.07) is 13.8. The van der Waals surface area contributed by atoms with Crippen LogP contribution in [0.25, 0.3) is 0 Å². The van der Waals surface area contributed by atoms with Crippen LogP contribution in [0.4, 0.5) is 4.39 Å². The number of para-hydroxylation sites is 1. The summed E-state index contributed by atoms with van der Waals surface area (Å²) in [7, 11) is 0. The van der Waals surface area contributed by atoms with E-state index in [0.717, 1.165) is 24.1 Å². The molecule has 2 aromatic rings. The van der Waals surface area contributed by atoms with Crippen LogP contribution < -0.4 is 5.32 Å². The summed E-state index contributed by atoms with van der Waals surface area (Å²) in [6.07, 6.45) is 0.752. The molecule has 0 heterocycles. The molecular weight excluding hydrogens is 229 g/mol. The predicted octanol–water partition coefficient (Wildman–Crippen LogP) is 2.86. The molecule has 0 aromatic heterocycles. The monoisotopic (exact) mass is 245 g/mol. The van der Waals surface area contributed by atoms with Crippen LogP contribution >= 0.6 is 0 Å². The van der Waals surface area contributed by atoms with E-state index in [1.165, 1.54) is 12.1 Å². The maximum absolute atomic E-state index is 12.9. The van der Waals surface area contributed by atoms with Crippen LogP contribution in [0, 0.1) is 5.82 Å². The van der Waals surface area contributed by atoms with Crippen molar-refractivity contribution in [2.24, 2.45) is 0 Å². The molecule has 2 rings (SSSR count). The van der Waals surface area contributed by atoms with E-state index >= 15 is 0 Å². The van der Waals surface area contributed by atoms with Crippen LogP contribution in [0.15, 0.2) is 48.5 Å². The lowest BCUT2D eigenvalue weighted by molar-refractivity contribution is 0.467. The van der Waals surface area contributed by atoms with E-state index in [2.05, 4.69) is 5.32 Å². The summed E-state index contributed by atoms with van der Waals surface area (Å²) in [5.41, 5.74) is 1.84. The molecule has 94 valence electrons. The molecule has 0 saturated carbocycles. The third kappa shape index (κ3) is 3.57. The molecule has 3 heteroatoms. The molecule has 0 unspecified atom stereocenters. The third-order valence-electron chi connectivity index (χ3n) is 2.78. The second kappa shape index (κ2) is 6.17. The second-order valence-electron chi connectivity index (χ2n) is 4.19. The summed E-state index contributed by atoms with van der Waals surface area (Å²) in [5.74, 6) is 0.111. The van der Waals surface area contributed by atoms with E-state index in [1.807, 2.05) is 18.2 Å². The quantitative estimate of drug-likeness (QED) is 0.794. The van der Waals surface area contributed by atoms with Gasteiger partial charge < -0.3 is 10.4 Å². The fourth-order valence-corrected chi connectivity index (χ4v) is 1.82. The molecule has 0 bridgehead atoms. The predicted molar refractivity (Wildman–Crippen MR) is 69.9 cm³/mol. The molecule has 0 radical (unpaired) electrons. The first-order chi connectivity index (χ1) is 8.75. The number of hydrogen-bond donors (Lipinski definition) is 2. The van der Waals surface area contributed by atoms with Gasteiger partial charge in [-0.3, -0.25) is 0 Å². The number of phenols is 1. The summed E-state index contributed by atoms with van der Waals surface area (Å²) < 4.78 is 12.9. The molecule has 0 spiro atoms. The zero-order valence-electron chi connectivity index (χ0n) is 10.1. The Bertz CT molecular complexity index is 513. The van der Waals surface area contributed by atoms with Crippen molar-refractivity contribution in [3.8, 4) is 5.75 Å². The van der Waals surface area contributed by atoms with Crippen LogP contribution in [0.1, 0.15) is 11.1 Å². The standard InChI is InChI=1S/C15H16FNO/c16-14-6-3-4-12(10-14)11-17-9-8-13-5-1-2-7-15(13)18/h1-7,10,17-18H,8-9,11H2. The lowest BCUT2D eigenvalue weighted by Crippen LogP contribution is -2.16. The molecular formula is C15H16FNO. The number of hydrogen-bond acceptors (Lipinski definition) is 2. The largest absolute Gasteiger partial charge is 0.508 e. The molecule has 0 saturated heterocycles. The fraction of sp³-hybridized carbons (Fsp3) is 0.200. The average molecular weight is 245 g/mol. The number of benzene rings is 2. The molecule has 0 aliphatic rings. The Morgan fingerprint density at radius 1 is 1.06 bits per heavy atom. The Labute approximate surface area is 106 Å². The third-order valence-corrected chi connectivity index (χ3v) is 2.78. The molecule has 0 atom stereocenters. The number of nitrogens with one attached hydrogen (secondary N) is 1. The molecule has 0 aliphatic heterocycles. The van der Waals surface area contributed by atoms with E-state index in [4.69, 9.17) is 0 Å². The first-order valence-corrected chi connectivity index (χ1v) is 5.98. The van der Waals surface area contributed by atoms with Crippen molar-refractivity contribution in [1.29, 1.82) is 0 Å². The highest BCUT2D eigenvalue weighted by atomic mass is 19.1. The Morgan fingerprint density at radius 2 is 1.89 bits per heavy atom. The van der Waals surface area contributed by atoms with Gasteiger partial charge in [-0.2, -0.15) is 0 Å². The van der Waals surface area contributed by atoms with Crippen LogP contribution in [-0.2, 0) is 13.0 Å². The number of halogens is 1. The van der Waals surface area contributed by atoms with Gasteiger partial charge in [-0.1, -0.05) is 30.3 Å². The second-order valence-corrected chi connectivity index (χ2v) is 4.19. The van der Waals surface area contributed by atoms with Crippen molar-refractivity contribution in [3.05, 3.63) is 65.5 Å². The van der Waals surface area contributed by atoms with Crippen LogP contribution in [0.2, 0.25) is 0 Å². The van der Waals surface area contributed by atoms with Gasteiger partial charge in [0.2, 0.25) is 0 Å². The van der Waals surface area contributed by atoms with Gasteiger partial charge in [0.25, 0.3) is 0 Å². The number of aromatic hydroxyl groups is 1. The Morgan fingerprint density at radius 3 is 2.67 bits per heavy atom. The first-order valence-electron chi connectivity index (χ1n) is 5.98. The van der Waals surface area contributed by atoms with Crippen molar-refractivity contribution >= 4 is 0 Å². The van der Waals surface area contributed by atoms with Crippen molar-refractivity contribution < 1.29 is 9.50 Å².